The van der Waals surface area contributed by atoms with Crippen molar-refractivity contribution in [3.05, 3.63) is 51.7 Å². The van der Waals surface area contributed by atoms with Crippen LogP contribution in [0.2, 0.25) is 5.02 Å². The van der Waals surface area contributed by atoms with Gasteiger partial charge in [0, 0.05) is 12.2 Å². The third-order valence-corrected chi connectivity index (χ3v) is 3.52. The minimum Gasteiger partial charge on any atom is -0.382 e. The molecule has 0 aliphatic rings. The molecule has 0 fully saturated rings. The molecule has 0 aliphatic heterocycles. The molecule has 2 heterocycles. The monoisotopic (exact) mass is 307 g/mol. The zero-order chi connectivity index (χ0) is 15.2. The maximum absolute atomic E-state index is 11.9. The standard InChI is InChI=1S/C14H18ClN5O/c1-3-7-20-14(21)13(15)12(9-18-20)16-6-4-5-11-8-17-19-10(11)2/h3,8-9,16H,1,4-7H2,2H3,(H,17,19). The highest BCUT2D eigenvalue weighted by atomic mass is 35.5. The van der Waals surface area contributed by atoms with Crippen LogP contribution in [-0.2, 0) is 13.0 Å². The fourth-order valence-electron chi connectivity index (χ4n) is 1.97. The van der Waals surface area contributed by atoms with Crippen molar-refractivity contribution >= 4 is 17.3 Å². The van der Waals surface area contributed by atoms with E-state index in [4.69, 9.17) is 11.6 Å². The van der Waals surface area contributed by atoms with E-state index in [9.17, 15) is 4.79 Å². The minimum absolute atomic E-state index is 0.159. The van der Waals surface area contributed by atoms with E-state index < -0.39 is 0 Å². The van der Waals surface area contributed by atoms with E-state index in [2.05, 4.69) is 27.2 Å². The third kappa shape index (κ3) is 3.72. The average Bonchev–Trinajstić information content (AvgIpc) is 2.88. The van der Waals surface area contributed by atoms with Crippen LogP contribution in [0.25, 0.3) is 0 Å². The van der Waals surface area contributed by atoms with Gasteiger partial charge < -0.3 is 5.32 Å². The summed E-state index contributed by atoms with van der Waals surface area (Å²) in [5.74, 6) is 0. The fourth-order valence-corrected chi connectivity index (χ4v) is 2.18. The number of hydrogen-bond donors (Lipinski definition) is 2. The first-order valence-electron chi connectivity index (χ1n) is 6.72. The normalized spacial score (nSPS) is 10.6. The Hall–Kier alpha value is -2.08. The molecule has 0 unspecified atom stereocenters. The van der Waals surface area contributed by atoms with Gasteiger partial charge in [-0.05, 0) is 25.3 Å². The Morgan fingerprint density at radius 1 is 1.52 bits per heavy atom. The van der Waals surface area contributed by atoms with Gasteiger partial charge in [-0.25, -0.2) is 4.68 Å². The molecule has 0 saturated carbocycles. The molecular weight excluding hydrogens is 290 g/mol. The van der Waals surface area contributed by atoms with Crippen molar-refractivity contribution in [3.8, 4) is 0 Å². The number of nitrogens with zero attached hydrogens (tertiary/aromatic N) is 3. The van der Waals surface area contributed by atoms with Crippen molar-refractivity contribution in [1.82, 2.24) is 20.0 Å². The molecule has 2 rings (SSSR count). The second-order valence-electron chi connectivity index (χ2n) is 4.70. The van der Waals surface area contributed by atoms with Crippen LogP contribution in [0.1, 0.15) is 17.7 Å². The van der Waals surface area contributed by atoms with Crippen molar-refractivity contribution in [2.24, 2.45) is 0 Å². The fraction of sp³-hybridized carbons (Fsp3) is 0.357. The number of aromatic amines is 1. The van der Waals surface area contributed by atoms with Crippen LogP contribution < -0.4 is 10.9 Å². The summed E-state index contributed by atoms with van der Waals surface area (Å²) < 4.78 is 1.27. The maximum Gasteiger partial charge on any atom is 0.287 e. The highest BCUT2D eigenvalue weighted by Crippen LogP contribution is 2.15. The van der Waals surface area contributed by atoms with Crippen LogP contribution in [-0.4, -0.2) is 26.5 Å². The number of allylic oxidation sites excluding steroid dienone is 1. The summed E-state index contributed by atoms with van der Waals surface area (Å²) in [5, 5.41) is 14.2. The van der Waals surface area contributed by atoms with Crippen molar-refractivity contribution in [3.63, 3.8) is 0 Å². The average molecular weight is 308 g/mol. The van der Waals surface area contributed by atoms with Crippen molar-refractivity contribution < 1.29 is 0 Å². The molecule has 0 saturated heterocycles. The molecule has 0 radical (unpaired) electrons. The first-order chi connectivity index (χ1) is 10.1. The first kappa shape index (κ1) is 15.3. The van der Waals surface area contributed by atoms with E-state index in [-0.39, 0.29) is 10.6 Å². The predicted molar refractivity (Wildman–Crippen MR) is 83.8 cm³/mol. The summed E-state index contributed by atoms with van der Waals surface area (Å²) in [7, 11) is 0. The van der Waals surface area contributed by atoms with Crippen LogP contribution in [0.3, 0.4) is 0 Å². The lowest BCUT2D eigenvalue weighted by atomic mass is 10.1. The molecule has 2 N–H and O–H groups in total. The molecule has 0 spiro atoms. The lowest BCUT2D eigenvalue weighted by molar-refractivity contribution is 0.652. The molecule has 0 aromatic carbocycles. The second kappa shape index (κ2) is 7.08. The van der Waals surface area contributed by atoms with Crippen LogP contribution >= 0.6 is 11.6 Å². The van der Waals surface area contributed by atoms with Gasteiger partial charge in [-0.3, -0.25) is 9.89 Å². The van der Waals surface area contributed by atoms with Gasteiger partial charge in [0.2, 0.25) is 0 Å². The minimum atomic E-state index is -0.313. The summed E-state index contributed by atoms with van der Waals surface area (Å²) in [6, 6.07) is 0. The summed E-state index contributed by atoms with van der Waals surface area (Å²) in [6.07, 6.45) is 6.82. The van der Waals surface area contributed by atoms with Crippen LogP contribution in [0, 0.1) is 6.92 Å². The molecular formula is C14H18ClN5O. The van der Waals surface area contributed by atoms with E-state index in [0.29, 0.717) is 18.8 Å². The topological polar surface area (TPSA) is 75.6 Å². The quantitative estimate of drug-likeness (QED) is 0.607. The molecule has 21 heavy (non-hydrogen) atoms. The van der Waals surface area contributed by atoms with Gasteiger partial charge in [-0.2, -0.15) is 10.2 Å². The molecule has 2 aromatic heterocycles. The molecule has 0 aliphatic carbocycles. The number of nitrogens with one attached hydrogen (secondary N) is 2. The number of hydrogen-bond acceptors (Lipinski definition) is 4. The lowest BCUT2D eigenvalue weighted by Crippen LogP contribution is -2.23. The Bertz CT molecular complexity index is 676. The van der Waals surface area contributed by atoms with Crippen LogP contribution in [0.5, 0.6) is 0 Å². The van der Waals surface area contributed by atoms with Crippen LogP contribution in [0.15, 0.2) is 29.8 Å². The van der Waals surface area contributed by atoms with E-state index in [1.54, 1.807) is 12.3 Å². The van der Waals surface area contributed by atoms with Crippen molar-refractivity contribution in [2.45, 2.75) is 26.3 Å². The summed E-state index contributed by atoms with van der Waals surface area (Å²) in [6.45, 7) is 6.62. The van der Waals surface area contributed by atoms with Gasteiger partial charge in [0.1, 0.15) is 5.02 Å². The zero-order valence-corrected chi connectivity index (χ0v) is 12.7. The predicted octanol–water partition coefficient (Wildman–Crippen LogP) is 2.16. The van der Waals surface area contributed by atoms with Gasteiger partial charge >= 0.3 is 0 Å². The zero-order valence-electron chi connectivity index (χ0n) is 11.9. The highest BCUT2D eigenvalue weighted by Gasteiger charge is 2.08. The van der Waals surface area contributed by atoms with Gasteiger partial charge in [-0.15, -0.1) is 6.58 Å². The Kier molecular flexibility index (Phi) is 5.16. The summed E-state index contributed by atoms with van der Waals surface area (Å²) in [4.78, 5) is 11.9. The SMILES string of the molecule is C=CCn1ncc(NCCCc2cn[nH]c2C)c(Cl)c1=O. The molecule has 112 valence electrons. The number of aryl methyl sites for hydroxylation is 2. The molecule has 0 amide bonds. The number of aromatic nitrogens is 4. The molecule has 2 aromatic rings. The Balaban J connectivity index is 1.92. The second-order valence-corrected chi connectivity index (χ2v) is 5.08. The van der Waals surface area contributed by atoms with E-state index in [0.717, 1.165) is 18.5 Å². The smallest absolute Gasteiger partial charge is 0.287 e. The van der Waals surface area contributed by atoms with Gasteiger partial charge in [0.25, 0.3) is 5.56 Å². The van der Waals surface area contributed by atoms with Gasteiger partial charge in [0.15, 0.2) is 0 Å². The Morgan fingerprint density at radius 2 is 2.33 bits per heavy atom. The number of anilines is 1. The third-order valence-electron chi connectivity index (χ3n) is 3.16. The lowest BCUT2D eigenvalue weighted by Gasteiger charge is -2.09. The number of rotatable bonds is 7. The first-order valence-corrected chi connectivity index (χ1v) is 7.10. The largest absolute Gasteiger partial charge is 0.382 e. The van der Waals surface area contributed by atoms with E-state index in [1.807, 2.05) is 13.1 Å². The van der Waals surface area contributed by atoms with Gasteiger partial charge in [0.05, 0.1) is 24.6 Å². The number of halogens is 1. The van der Waals surface area contributed by atoms with Gasteiger partial charge in [-0.1, -0.05) is 17.7 Å². The Labute approximate surface area is 127 Å². The maximum atomic E-state index is 11.9. The van der Waals surface area contributed by atoms with Crippen molar-refractivity contribution in [2.75, 3.05) is 11.9 Å². The molecule has 7 heteroatoms. The van der Waals surface area contributed by atoms with E-state index in [1.165, 1.54) is 10.2 Å². The van der Waals surface area contributed by atoms with Crippen LogP contribution in [0.4, 0.5) is 5.69 Å². The van der Waals surface area contributed by atoms with E-state index >= 15 is 0 Å². The highest BCUT2D eigenvalue weighted by molar-refractivity contribution is 6.32. The van der Waals surface area contributed by atoms with Crippen molar-refractivity contribution in [1.29, 1.82) is 0 Å². The molecule has 6 nitrogen and oxygen atoms in total. The Morgan fingerprint density at radius 3 is 3.00 bits per heavy atom. The molecule has 0 bridgehead atoms. The summed E-state index contributed by atoms with van der Waals surface area (Å²) >= 11 is 6.05. The summed E-state index contributed by atoms with van der Waals surface area (Å²) in [5.41, 5.74) is 2.53. The number of H-pyrrole nitrogens is 1. The molecule has 0 atom stereocenters.